The Morgan fingerprint density at radius 2 is 1.22 bits per heavy atom. The Labute approximate surface area is 194 Å². The molecule has 32 heavy (non-hydrogen) atoms. The van der Waals surface area contributed by atoms with Gasteiger partial charge in [0.05, 0.1) is 6.61 Å². The third-order valence-corrected chi connectivity index (χ3v) is 11.6. The monoisotopic (exact) mass is 464 g/mol. The molecule has 6 nitrogen and oxygen atoms in total. The predicted molar refractivity (Wildman–Crippen MR) is 125 cm³/mol. The second kappa shape index (κ2) is 8.15. The predicted octanol–water partition coefficient (Wildman–Crippen LogP) is 5.02. The summed E-state index contributed by atoms with van der Waals surface area (Å²) in [6.45, 7) is 19.5. The molecule has 180 valence electrons. The van der Waals surface area contributed by atoms with Crippen molar-refractivity contribution >= 4 is 8.32 Å². The van der Waals surface area contributed by atoms with Crippen molar-refractivity contribution in [3.8, 4) is 0 Å². The lowest BCUT2D eigenvalue weighted by atomic mass is 9.85. The molecule has 0 amide bonds. The summed E-state index contributed by atoms with van der Waals surface area (Å²) in [5.74, 6) is -1.46. The van der Waals surface area contributed by atoms with E-state index in [9.17, 15) is 0 Å². The van der Waals surface area contributed by atoms with Gasteiger partial charge in [0.15, 0.2) is 19.9 Å². The molecular weight excluding hydrogens is 424 g/mol. The molecule has 2 aliphatic heterocycles. The van der Waals surface area contributed by atoms with E-state index in [1.54, 1.807) is 0 Å². The van der Waals surface area contributed by atoms with Crippen molar-refractivity contribution in [2.45, 2.75) is 121 Å². The topological polar surface area (TPSA) is 55.4 Å². The molecule has 2 heterocycles. The van der Waals surface area contributed by atoms with Gasteiger partial charge in [0.1, 0.15) is 36.6 Å². The van der Waals surface area contributed by atoms with Crippen molar-refractivity contribution in [1.29, 1.82) is 0 Å². The zero-order valence-electron chi connectivity index (χ0n) is 21.0. The van der Waals surface area contributed by atoms with Crippen LogP contribution in [0.3, 0.4) is 0 Å². The number of ether oxygens (including phenoxy) is 5. The number of hydrogen-bond acceptors (Lipinski definition) is 6. The fraction of sp³-hybridized carbons (Fsp3) is 0.760. The molecule has 3 aliphatic rings. The van der Waals surface area contributed by atoms with Gasteiger partial charge in [-0.3, -0.25) is 0 Å². The largest absolute Gasteiger partial charge is 0.408 e. The summed E-state index contributed by atoms with van der Waals surface area (Å²) in [5, 5.41) is 0.0581. The molecule has 2 saturated heterocycles. The van der Waals surface area contributed by atoms with Gasteiger partial charge in [-0.25, -0.2) is 0 Å². The number of fused-ring (bicyclic) bond motifs is 2. The Kier molecular flexibility index (Phi) is 6.20. The minimum Gasteiger partial charge on any atom is -0.408 e. The van der Waals surface area contributed by atoms with E-state index in [1.807, 2.05) is 45.9 Å². The van der Waals surface area contributed by atoms with E-state index in [1.165, 1.54) is 0 Å². The van der Waals surface area contributed by atoms with Gasteiger partial charge in [0.2, 0.25) is 0 Å². The molecule has 1 aliphatic carbocycles. The van der Waals surface area contributed by atoms with Crippen LogP contribution in [0.4, 0.5) is 0 Å². The van der Waals surface area contributed by atoms with Gasteiger partial charge in [0.25, 0.3) is 0 Å². The highest BCUT2D eigenvalue weighted by molar-refractivity contribution is 6.74. The highest BCUT2D eigenvalue weighted by atomic mass is 28.4. The Balaban J connectivity index is 1.66. The second-order valence-corrected chi connectivity index (χ2v) is 16.5. The van der Waals surface area contributed by atoms with Crippen LogP contribution in [0.2, 0.25) is 18.1 Å². The molecule has 0 radical (unpaired) electrons. The van der Waals surface area contributed by atoms with Crippen LogP contribution < -0.4 is 0 Å². The van der Waals surface area contributed by atoms with Crippen LogP contribution in [-0.2, 0) is 34.7 Å². The van der Waals surface area contributed by atoms with Crippen LogP contribution in [0.1, 0.15) is 54.0 Å². The normalized spacial score (nSPS) is 36.0. The summed E-state index contributed by atoms with van der Waals surface area (Å²) in [4.78, 5) is 0. The number of benzene rings is 1. The van der Waals surface area contributed by atoms with Crippen LogP contribution in [-0.4, -0.2) is 56.5 Å². The van der Waals surface area contributed by atoms with E-state index >= 15 is 0 Å². The van der Waals surface area contributed by atoms with Gasteiger partial charge in [-0.2, -0.15) is 0 Å². The van der Waals surface area contributed by atoms with Crippen molar-refractivity contribution in [3.05, 3.63) is 35.9 Å². The molecule has 1 aromatic rings. The van der Waals surface area contributed by atoms with Gasteiger partial charge in [-0.15, -0.1) is 0 Å². The quantitative estimate of drug-likeness (QED) is 0.571. The minimum atomic E-state index is -2.11. The van der Waals surface area contributed by atoms with Crippen molar-refractivity contribution in [2.75, 3.05) is 0 Å². The average Bonchev–Trinajstić information content (AvgIpc) is 3.15. The van der Waals surface area contributed by atoms with Gasteiger partial charge in [-0.05, 0) is 51.4 Å². The summed E-state index contributed by atoms with van der Waals surface area (Å²) in [6, 6.07) is 10.2. The first-order valence-electron chi connectivity index (χ1n) is 11.7. The Bertz CT molecular complexity index is 770. The van der Waals surface area contributed by atoms with E-state index in [0.717, 1.165) is 5.56 Å². The average molecular weight is 465 g/mol. The number of rotatable bonds is 5. The van der Waals surface area contributed by atoms with E-state index in [0.29, 0.717) is 6.61 Å². The van der Waals surface area contributed by atoms with Crippen molar-refractivity contribution < 1.29 is 28.1 Å². The van der Waals surface area contributed by atoms with Crippen molar-refractivity contribution in [3.63, 3.8) is 0 Å². The molecule has 0 spiro atoms. The smallest absolute Gasteiger partial charge is 0.192 e. The lowest BCUT2D eigenvalue weighted by molar-refractivity contribution is -0.190. The molecule has 7 heteroatoms. The first kappa shape index (κ1) is 24.3. The van der Waals surface area contributed by atoms with Gasteiger partial charge >= 0.3 is 0 Å². The van der Waals surface area contributed by atoms with Crippen LogP contribution in [0, 0.1) is 0 Å². The van der Waals surface area contributed by atoms with E-state index in [4.69, 9.17) is 28.1 Å². The van der Waals surface area contributed by atoms with Crippen LogP contribution >= 0.6 is 0 Å². The SMILES string of the molecule is CC1(C)O[C@@H]2[C@@H](OCc3ccccc3)[C@@H]3OC(C)(C)O[C@@H]3[C@H](O[Si](C)(C)C(C)(C)C)[C@H]2O1. The van der Waals surface area contributed by atoms with Crippen LogP contribution in [0.25, 0.3) is 0 Å². The Morgan fingerprint density at radius 3 is 1.66 bits per heavy atom. The summed E-state index contributed by atoms with van der Waals surface area (Å²) in [7, 11) is -2.11. The second-order valence-electron chi connectivity index (χ2n) is 11.7. The summed E-state index contributed by atoms with van der Waals surface area (Å²) in [6.07, 6.45) is -1.80. The zero-order chi connectivity index (χ0) is 23.5. The minimum absolute atomic E-state index is 0.0581. The highest BCUT2D eigenvalue weighted by Crippen LogP contribution is 2.48. The zero-order valence-corrected chi connectivity index (χ0v) is 22.0. The summed E-state index contributed by atoms with van der Waals surface area (Å²) >= 11 is 0. The van der Waals surface area contributed by atoms with Crippen molar-refractivity contribution in [2.24, 2.45) is 0 Å². The first-order chi connectivity index (χ1) is 14.7. The van der Waals surface area contributed by atoms with Crippen molar-refractivity contribution in [1.82, 2.24) is 0 Å². The maximum absolute atomic E-state index is 6.94. The summed E-state index contributed by atoms with van der Waals surface area (Å²) in [5.41, 5.74) is 1.11. The fourth-order valence-corrected chi connectivity index (χ4v) is 5.93. The molecule has 6 atom stereocenters. The first-order valence-corrected chi connectivity index (χ1v) is 14.6. The third-order valence-electron chi connectivity index (χ3n) is 7.14. The lowest BCUT2D eigenvalue weighted by Crippen LogP contribution is -2.65. The standard InChI is InChI=1S/C25H40O6Si/c1-23(2,3)32(8,9)31-22-20-18(27-24(4,5)29-20)17(19-21(22)30-25(6,7)28-19)26-15-16-13-11-10-12-14-16/h10-14,17-22H,15H2,1-9H3/t17-,18-,19+,20-,21-,22-/m0/s1. The Morgan fingerprint density at radius 1 is 0.781 bits per heavy atom. The molecule has 4 rings (SSSR count). The van der Waals surface area contributed by atoms with Crippen LogP contribution in [0.5, 0.6) is 0 Å². The van der Waals surface area contributed by atoms with Gasteiger partial charge in [-0.1, -0.05) is 51.1 Å². The van der Waals surface area contributed by atoms with Gasteiger partial charge in [0, 0.05) is 0 Å². The molecule has 0 bridgehead atoms. The number of hydrogen-bond donors (Lipinski definition) is 0. The van der Waals surface area contributed by atoms with E-state index < -0.39 is 19.9 Å². The highest BCUT2D eigenvalue weighted by Gasteiger charge is 2.65. The Hall–Kier alpha value is -0.803. The fourth-order valence-electron chi connectivity index (χ4n) is 4.63. The molecule has 0 N–H and O–H groups in total. The lowest BCUT2D eigenvalue weighted by Gasteiger charge is -2.47. The summed E-state index contributed by atoms with van der Waals surface area (Å²) < 4.78 is 39.1. The molecule has 1 saturated carbocycles. The van der Waals surface area contributed by atoms with E-state index in [-0.39, 0.29) is 41.7 Å². The molecule has 0 aromatic heterocycles. The third kappa shape index (κ3) is 4.71. The molecule has 1 aromatic carbocycles. The molecular formula is C25H40O6Si. The molecule has 3 fully saturated rings. The maximum atomic E-state index is 6.94. The van der Waals surface area contributed by atoms with E-state index in [2.05, 4.69) is 46.0 Å². The maximum Gasteiger partial charge on any atom is 0.192 e. The van der Waals surface area contributed by atoms with Crippen LogP contribution in [0.15, 0.2) is 30.3 Å². The van der Waals surface area contributed by atoms with Gasteiger partial charge < -0.3 is 28.1 Å². The molecule has 0 unspecified atom stereocenters.